The largest absolute Gasteiger partial charge is 0.450 e. The molecule has 0 aliphatic carbocycles. The lowest BCUT2D eigenvalue weighted by Crippen LogP contribution is -1.94. The molecule has 0 aliphatic heterocycles. The van der Waals surface area contributed by atoms with Gasteiger partial charge in [0.25, 0.3) is 0 Å². The van der Waals surface area contributed by atoms with Crippen molar-refractivity contribution >= 4 is 17.3 Å². The van der Waals surface area contributed by atoms with Crippen molar-refractivity contribution in [1.29, 1.82) is 10.5 Å². The average Bonchev–Trinajstić information content (AvgIpc) is 2.47. The van der Waals surface area contributed by atoms with Gasteiger partial charge in [0.05, 0.1) is 27.1 Å². The maximum absolute atomic E-state index is 11.0. The molecule has 0 unspecified atom stereocenters. The minimum Gasteiger partial charge on any atom is -0.450 e. The number of nitro groups is 1. The van der Waals surface area contributed by atoms with Crippen molar-refractivity contribution in [2.24, 2.45) is 0 Å². The highest BCUT2D eigenvalue weighted by atomic mass is 35.5. The molecule has 0 heterocycles. The van der Waals surface area contributed by atoms with Gasteiger partial charge in [-0.05, 0) is 24.3 Å². The van der Waals surface area contributed by atoms with Gasteiger partial charge in [0.1, 0.15) is 11.8 Å². The molecule has 0 saturated carbocycles. The smallest absolute Gasteiger partial charge is 0.312 e. The van der Waals surface area contributed by atoms with E-state index in [9.17, 15) is 10.1 Å². The van der Waals surface area contributed by atoms with E-state index in [-0.39, 0.29) is 33.3 Å². The summed E-state index contributed by atoms with van der Waals surface area (Å²) in [7, 11) is 0. The van der Waals surface area contributed by atoms with Crippen LogP contribution in [0.25, 0.3) is 0 Å². The molecule has 2 aromatic rings. The van der Waals surface area contributed by atoms with Crippen molar-refractivity contribution < 1.29 is 9.66 Å². The molecule has 2 aromatic carbocycles. The number of halogens is 1. The molecule has 0 N–H and O–H groups in total. The fraction of sp³-hybridized carbons (Fsp3) is 0. The summed E-state index contributed by atoms with van der Waals surface area (Å²) in [5.41, 5.74) is 0.111. The summed E-state index contributed by atoms with van der Waals surface area (Å²) in [6.07, 6.45) is 0. The van der Waals surface area contributed by atoms with Gasteiger partial charge >= 0.3 is 5.69 Å². The average molecular weight is 300 g/mol. The molecule has 0 saturated heterocycles. The van der Waals surface area contributed by atoms with E-state index >= 15 is 0 Å². The van der Waals surface area contributed by atoms with Crippen LogP contribution in [0, 0.1) is 32.8 Å². The molecule has 0 amide bonds. The van der Waals surface area contributed by atoms with Crippen LogP contribution in [-0.4, -0.2) is 4.92 Å². The second kappa shape index (κ2) is 5.91. The summed E-state index contributed by atoms with van der Waals surface area (Å²) in [6, 6.07) is 11.9. The van der Waals surface area contributed by atoms with Crippen molar-refractivity contribution in [3.63, 3.8) is 0 Å². The van der Waals surface area contributed by atoms with Gasteiger partial charge in [-0.3, -0.25) is 10.1 Å². The maximum atomic E-state index is 11.0. The van der Waals surface area contributed by atoms with Gasteiger partial charge in [0, 0.05) is 12.1 Å². The molecule has 6 nitrogen and oxygen atoms in total. The molecule has 7 heteroatoms. The Morgan fingerprint density at radius 2 is 1.90 bits per heavy atom. The SMILES string of the molecule is N#Cc1ccc(Oc2ccc(C#N)c(Cl)c2)c([N+](=O)[O-])c1. The molecular formula is C14H6ClN3O3. The zero-order chi connectivity index (χ0) is 15.4. The number of nitriles is 2. The van der Waals surface area contributed by atoms with Gasteiger partial charge in [0.15, 0.2) is 0 Å². The number of rotatable bonds is 3. The summed E-state index contributed by atoms with van der Waals surface area (Å²) in [6.45, 7) is 0. The molecule has 0 spiro atoms. The predicted octanol–water partition coefficient (Wildman–Crippen LogP) is 3.78. The zero-order valence-electron chi connectivity index (χ0n) is 10.4. The molecular weight excluding hydrogens is 294 g/mol. The van der Waals surface area contributed by atoms with Crippen LogP contribution in [0.2, 0.25) is 5.02 Å². The van der Waals surface area contributed by atoms with E-state index in [1.807, 2.05) is 12.1 Å². The van der Waals surface area contributed by atoms with Crippen LogP contribution >= 0.6 is 11.6 Å². The van der Waals surface area contributed by atoms with E-state index < -0.39 is 4.92 Å². The van der Waals surface area contributed by atoms with Gasteiger partial charge in [-0.2, -0.15) is 10.5 Å². The van der Waals surface area contributed by atoms with Crippen LogP contribution < -0.4 is 4.74 Å². The van der Waals surface area contributed by atoms with Crippen molar-refractivity contribution in [2.75, 3.05) is 0 Å². The minimum absolute atomic E-state index is 0.0141. The third-order valence-corrected chi connectivity index (χ3v) is 2.89. The first kappa shape index (κ1) is 14.3. The highest BCUT2D eigenvalue weighted by Gasteiger charge is 2.17. The van der Waals surface area contributed by atoms with Crippen molar-refractivity contribution in [1.82, 2.24) is 0 Å². The molecule has 0 atom stereocenters. The molecule has 21 heavy (non-hydrogen) atoms. The van der Waals surface area contributed by atoms with Crippen LogP contribution in [0.5, 0.6) is 11.5 Å². The van der Waals surface area contributed by atoms with E-state index in [0.717, 1.165) is 6.07 Å². The molecule has 0 bridgehead atoms. The molecule has 102 valence electrons. The van der Waals surface area contributed by atoms with Crippen molar-refractivity contribution in [2.45, 2.75) is 0 Å². The minimum atomic E-state index is -0.637. The van der Waals surface area contributed by atoms with Gasteiger partial charge in [-0.25, -0.2) is 0 Å². The third-order valence-electron chi connectivity index (χ3n) is 2.57. The molecule has 0 aromatic heterocycles. The Balaban J connectivity index is 2.40. The summed E-state index contributed by atoms with van der Waals surface area (Å²) in [4.78, 5) is 10.4. The summed E-state index contributed by atoms with van der Waals surface area (Å²) >= 11 is 5.87. The molecule has 2 rings (SSSR count). The fourth-order valence-electron chi connectivity index (χ4n) is 1.59. The first-order chi connectivity index (χ1) is 10.0. The van der Waals surface area contributed by atoms with E-state index in [2.05, 4.69) is 0 Å². The van der Waals surface area contributed by atoms with Crippen LogP contribution in [-0.2, 0) is 0 Å². The topological polar surface area (TPSA) is 99.9 Å². The Kier molecular flexibility index (Phi) is 4.03. The molecule has 0 radical (unpaired) electrons. The van der Waals surface area contributed by atoms with Crippen LogP contribution in [0.4, 0.5) is 5.69 Å². The Bertz CT molecular complexity index is 806. The number of benzene rings is 2. The second-order valence-electron chi connectivity index (χ2n) is 3.91. The van der Waals surface area contributed by atoms with E-state index in [1.54, 1.807) is 0 Å². The van der Waals surface area contributed by atoms with Crippen molar-refractivity contribution in [3.8, 4) is 23.6 Å². The lowest BCUT2D eigenvalue weighted by Gasteiger charge is -2.07. The fourth-order valence-corrected chi connectivity index (χ4v) is 1.81. The lowest BCUT2D eigenvalue weighted by atomic mass is 10.2. The maximum Gasteiger partial charge on any atom is 0.312 e. The first-order valence-electron chi connectivity index (χ1n) is 5.61. The zero-order valence-corrected chi connectivity index (χ0v) is 11.2. The van der Waals surface area contributed by atoms with Gasteiger partial charge in [-0.1, -0.05) is 11.6 Å². The van der Waals surface area contributed by atoms with E-state index in [1.165, 1.54) is 30.3 Å². The predicted molar refractivity (Wildman–Crippen MR) is 74.1 cm³/mol. The summed E-state index contributed by atoms with van der Waals surface area (Å²) in [5, 5.41) is 28.7. The van der Waals surface area contributed by atoms with Gasteiger partial charge in [0.2, 0.25) is 5.75 Å². The number of hydrogen-bond acceptors (Lipinski definition) is 5. The number of nitrogens with zero attached hydrogens (tertiary/aromatic N) is 3. The monoisotopic (exact) mass is 299 g/mol. The Morgan fingerprint density at radius 1 is 1.14 bits per heavy atom. The Hall–Kier alpha value is -3.09. The lowest BCUT2D eigenvalue weighted by molar-refractivity contribution is -0.385. The van der Waals surface area contributed by atoms with Crippen molar-refractivity contribution in [3.05, 3.63) is 62.7 Å². The molecule has 0 fully saturated rings. The van der Waals surface area contributed by atoms with Crippen LogP contribution in [0.1, 0.15) is 11.1 Å². The van der Waals surface area contributed by atoms with Gasteiger partial charge < -0.3 is 4.74 Å². The van der Waals surface area contributed by atoms with Gasteiger partial charge in [-0.15, -0.1) is 0 Å². The number of ether oxygens (including phenoxy) is 1. The summed E-state index contributed by atoms with van der Waals surface area (Å²) < 4.78 is 5.41. The number of hydrogen-bond donors (Lipinski definition) is 0. The normalized spacial score (nSPS) is 9.48. The molecule has 0 aliphatic rings. The van der Waals surface area contributed by atoms with E-state index in [4.69, 9.17) is 26.9 Å². The quantitative estimate of drug-likeness (QED) is 0.634. The third kappa shape index (κ3) is 3.08. The Morgan fingerprint density at radius 3 is 2.48 bits per heavy atom. The van der Waals surface area contributed by atoms with Crippen LogP contribution in [0.3, 0.4) is 0 Å². The highest BCUT2D eigenvalue weighted by molar-refractivity contribution is 6.31. The first-order valence-corrected chi connectivity index (χ1v) is 5.99. The summed E-state index contributed by atoms with van der Waals surface area (Å²) in [5.74, 6) is 0.242. The standard InChI is InChI=1S/C14H6ClN3O3/c15-12-6-11(3-2-10(12)8-17)21-14-4-1-9(7-16)5-13(14)18(19)20/h1-6H. The number of nitro benzene ring substituents is 1. The van der Waals surface area contributed by atoms with E-state index in [0.29, 0.717) is 0 Å². The van der Waals surface area contributed by atoms with Crippen LogP contribution in [0.15, 0.2) is 36.4 Å². The Labute approximate surface area is 124 Å². The second-order valence-corrected chi connectivity index (χ2v) is 4.31. The highest BCUT2D eigenvalue weighted by Crippen LogP contribution is 2.33.